The molecule has 0 aliphatic carbocycles. The first-order chi connectivity index (χ1) is 12.8. The Kier molecular flexibility index (Phi) is 6.79. The van der Waals surface area contributed by atoms with E-state index in [1.807, 2.05) is 19.9 Å². The molecule has 2 rings (SSSR count). The van der Waals surface area contributed by atoms with Crippen molar-refractivity contribution in [3.63, 3.8) is 0 Å². The number of nitrogens with one attached hydrogen (secondary N) is 3. The van der Waals surface area contributed by atoms with Gasteiger partial charge in [-0.25, -0.2) is 0 Å². The van der Waals surface area contributed by atoms with Crippen LogP contribution in [-0.4, -0.2) is 31.4 Å². The Morgan fingerprint density at radius 2 is 1.70 bits per heavy atom. The van der Waals surface area contributed by atoms with Gasteiger partial charge in [-0.05, 0) is 55.3 Å². The van der Waals surface area contributed by atoms with Crippen molar-refractivity contribution in [3.8, 4) is 5.75 Å². The Balaban J connectivity index is 1.89. The summed E-state index contributed by atoms with van der Waals surface area (Å²) in [5.74, 6) is -1.87. The third-order valence-corrected chi connectivity index (χ3v) is 4.05. The molecule has 7 nitrogen and oxygen atoms in total. The molecule has 2 aromatic carbocycles. The Morgan fingerprint density at radius 1 is 0.963 bits per heavy atom. The maximum atomic E-state index is 12.0. The number of hydrogen-bond donors (Lipinski definition) is 3. The zero-order valence-corrected chi connectivity index (χ0v) is 15.9. The molecule has 0 aliphatic heterocycles. The molecule has 0 aromatic heterocycles. The lowest BCUT2D eigenvalue weighted by molar-refractivity contribution is -0.136. The van der Waals surface area contributed by atoms with Gasteiger partial charge in [-0.1, -0.05) is 17.7 Å². The molecule has 0 bridgehead atoms. The summed E-state index contributed by atoms with van der Waals surface area (Å²) in [7, 11) is 1.46. The Bertz CT molecular complexity index is 883. The second kappa shape index (κ2) is 9.05. The predicted molar refractivity (Wildman–Crippen MR) is 104 cm³/mol. The number of ether oxygens (including phenoxy) is 1. The highest BCUT2D eigenvalue weighted by Crippen LogP contribution is 2.27. The van der Waals surface area contributed by atoms with Gasteiger partial charge in [-0.2, -0.15) is 0 Å². The van der Waals surface area contributed by atoms with E-state index in [0.29, 0.717) is 22.1 Å². The van der Waals surface area contributed by atoms with Gasteiger partial charge in [-0.3, -0.25) is 14.4 Å². The zero-order chi connectivity index (χ0) is 20.0. The normalized spacial score (nSPS) is 10.1. The Labute approximate surface area is 162 Å². The molecule has 0 saturated carbocycles. The van der Waals surface area contributed by atoms with E-state index in [9.17, 15) is 14.4 Å². The van der Waals surface area contributed by atoms with Crippen molar-refractivity contribution in [1.82, 2.24) is 5.32 Å². The summed E-state index contributed by atoms with van der Waals surface area (Å²) < 4.78 is 5.12. The lowest BCUT2D eigenvalue weighted by Gasteiger charge is -2.11. The number of aryl methyl sites for hydroxylation is 2. The van der Waals surface area contributed by atoms with Gasteiger partial charge in [0.1, 0.15) is 5.75 Å². The van der Waals surface area contributed by atoms with Gasteiger partial charge in [0, 0.05) is 10.7 Å². The molecule has 2 aromatic rings. The molecule has 3 N–H and O–H groups in total. The first kappa shape index (κ1) is 20.3. The molecule has 0 atom stereocenters. The van der Waals surface area contributed by atoms with Crippen molar-refractivity contribution >= 4 is 40.7 Å². The Morgan fingerprint density at radius 3 is 2.37 bits per heavy atom. The van der Waals surface area contributed by atoms with E-state index in [4.69, 9.17) is 16.3 Å². The van der Waals surface area contributed by atoms with Crippen LogP contribution in [0.2, 0.25) is 5.02 Å². The molecular formula is C19H20ClN3O4. The minimum absolute atomic E-state index is 0.365. The number of amides is 3. The summed E-state index contributed by atoms with van der Waals surface area (Å²) in [5.41, 5.74) is 2.93. The topological polar surface area (TPSA) is 96.5 Å². The van der Waals surface area contributed by atoms with Gasteiger partial charge >= 0.3 is 11.8 Å². The standard InChI is InChI=1S/C19H20ClN3O4/c1-11-4-6-14(8-12(11)2)22-19(26)18(25)21-10-17(24)23-15-9-13(20)5-7-16(15)27-3/h4-9H,10H2,1-3H3,(H,21,25)(H,22,26)(H,23,24). The van der Waals surface area contributed by atoms with E-state index in [2.05, 4.69) is 16.0 Å². The molecule has 0 aliphatic rings. The SMILES string of the molecule is COc1ccc(Cl)cc1NC(=O)CNC(=O)C(=O)Nc1ccc(C)c(C)c1. The summed E-state index contributed by atoms with van der Waals surface area (Å²) in [6.07, 6.45) is 0. The van der Waals surface area contributed by atoms with Crippen molar-refractivity contribution in [2.75, 3.05) is 24.3 Å². The number of halogens is 1. The molecule has 27 heavy (non-hydrogen) atoms. The third kappa shape index (κ3) is 5.72. The van der Waals surface area contributed by atoms with Crippen LogP contribution in [-0.2, 0) is 14.4 Å². The zero-order valence-electron chi connectivity index (χ0n) is 15.2. The van der Waals surface area contributed by atoms with Crippen molar-refractivity contribution < 1.29 is 19.1 Å². The van der Waals surface area contributed by atoms with Crippen LogP contribution in [0.3, 0.4) is 0 Å². The highest BCUT2D eigenvalue weighted by molar-refractivity contribution is 6.40. The molecule has 0 spiro atoms. The summed E-state index contributed by atoms with van der Waals surface area (Å²) in [6, 6.07) is 10.0. The van der Waals surface area contributed by atoms with E-state index >= 15 is 0 Å². The van der Waals surface area contributed by atoms with Crippen LogP contribution < -0.4 is 20.7 Å². The van der Waals surface area contributed by atoms with Crippen molar-refractivity contribution in [2.24, 2.45) is 0 Å². The van der Waals surface area contributed by atoms with E-state index in [-0.39, 0.29) is 6.54 Å². The van der Waals surface area contributed by atoms with Crippen LogP contribution >= 0.6 is 11.6 Å². The first-order valence-corrected chi connectivity index (χ1v) is 8.47. The van der Waals surface area contributed by atoms with Crippen LogP contribution in [0.1, 0.15) is 11.1 Å². The van der Waals surface area contributed by atoms with Crippen LogP contribution in [0.25, 0.3) is 0 Å². The average Bonchev–Trinajstić information content (AvgIpc) is 2.63. The maximum absolute atomic E-state index is 12.0. The monoisotopic (exact) mass is 389 g/mol. The molecule has 8 heteroatoms. The summed E-state index contributed by atoms with van der Waals surface area (Å²) >= 11 is 5.89. The molecule has 0 fully saturated rings. The van der Waals surface area contributed by atoms with Crippen LogP contribution in [0.4, 0.5) is 11.4 Å². The minimum Gasteiger partial charge on any atom is -0.495 e. The average molecular weight is 390 g/mol. The molecular weight excluding hydrogens is 370 g/mol. The number of carbonyl (C=O) groups excluding carboxylic acids is 3. The quantitative estimate of drug-likeness (QED) is 0.685. The summed E-state index contributed by atoms with van der Waals surface area (Å²) in [5, 5.41) is 7.74. The number of carbonyl (C=O) groups is 3. The first-order valence-electron chi connectivity index (χ1n) is 8.10. The number of anilines is 2. The van der Waals surface area contributed by atoms with Gasteiger partial charge in [0.25, 0.3) is 0 Å². The second-order valence-electron chi connectivity index (χ2n) is 5.83. The van der Waals surface area contributed by atoms with Crippen LogP contribution in [0.5, 0.6) is 5.75 Å². The highest BCUT2D eigenvalue weighted by atomic mass is 35.5. The third-order valence-electron chi connectivity index (χ3n) is 3.82. The van der Waals surface area contributed by atoms with Gasteiger partial charge in [-0.15, -0.1) is 0 Å². The van der Waals surface area contributed by atoms with Crippen LogP contribution in [0, 0.1) is 13.8 Å². The lowest BCUT2D eigenvalue weighted by atomic mass is 10.1. The molecule has 142 valence electrons. The largest absolute Gasteiger partial charge is 0.495 e. The minimum atomic E-state index is -0.915. The van der Waals surface area contributed by atoms with E-state index in [1.165, 1.54) is 13.2 Å². The maximum Gasteiger partial charge on any atom is 0.313 e. The van der Waals surface area contributed by atoms with Gasteiger partial charge in [0.2, 0.25) is 5.91 Å². The molecule has 0 unspecified atom stereocenters. The number of hydrogen-bond acceptors (Lipinski definition) is 4. The highest BCUT2D eigenvalue weighted by Gasteiger charge is 2.16. The van der Waals surface area contributed by atoms with E-state index in [0.717, 1.165) is 11.1 Å². The van der Waals surface area contributed by atoms with E-state index in [1.54, 1.807) is 24.3 Å². The number of rotatable bonds is 5. The summed E-state index contributed by atoms with van der Waals surface area (Å²) in [4.78, 5) is 35.8. The number of benzene rings is 2. The van der Waals surface area contributed by atoms with E-state index < -0.39 is 17.7 Å². The second-order valence-corrected chi connectivity index (χ2v) is 6.27. The number of methoxy groups -OCH3 is 1. The fourth-order valence-corrected chi connectivity index (χ4v) is 2.39. The van der Waals surface area contributed by atoms with Gasteiger partial charge in [0.05, 0.1) is 19.3 Å². The van der Waals surface area contributed by atoms with Crippen molar-refractivity contribution in [1.29, 1.82) is 0 Å². The Hall–Kier alpha value is -3.06. The molecule has 0 heterocycles. The predicted octanol–water partition coefficient (Wildman–Crippen LogP) is 2.66. The summed E-state index contributed by atoms with van der Waals surface area (Å²) in [6.45, 7) is 3.47. The molecule has 3 amide bonds. The lowest BCUT2D eigenvalue weighted by Crippen LogP contribution is -2.39. The molecule has 0 radical (unpaired) electrons. The van der Waals surface area contributed by atoms with Gasteiger partial charge in [0.15, 0.2) is 0 Å². The van der Waals surface area contributed by atoms with Crippen molar-refractivity contribution in [2.45, 2.75) is 13.8 Å². The van der Waals surface area contributed by atoms with Crippen molar-refractivity contribution in [3.05, 3.63) is 52.5 Å². The molecule has 0 saturated heterocycles. The fraction of sp³-hybridized carbons (Fsp3) is 0.211. The fourth-order valence-electron chi connectivity index (χ4n) is 2.22. The van der Waals surface area contributed by atoms with Gasteiger partial charge < -0.3 is 20.7 Å². The smallest absolute Gasteiger partial charge is 0.313 e. The van der Waals surface area contributed by atoms with Crippen LogP contribution in [0.15, 0.2) is 36.4 Å².